The maximum absolute atomic E-state index is 12.3. The summed E-state index contributed by atoms with van der Waals surface area (Å²) in [5.74, 6) is 1.68. The highest BCUT2D eigenvalue weighted by molar-refractivity contribution is 5.78. The zero-order valence-electron chi connectivity index (χ0n) is 16.9. The molecule has 0 fully saturated rings. The Morgan fingerprint density at radius 1 is 1.04 bits per heavy atom. The molecule has 150 valence electrons. The van der Waals surface area contributed by atoms with Crippen LogP contribution in [0, 0.1) is 0 Å². The lowest BCUT2D eigenvalue weighted by Crippen LogP contribution is -2.40. The van der Waals surface area contributed by atoms with Crippen molar-refractivity contribution >= 4 is 5.91 Å². The number of nitrogens with one attached hydrogen (secondary N) is 1. The van der Waals surface area contributed by atoms with Gasteiger partial charge in [-0.2, -0.15) is 0 Å². The molecule has 1 aliphatic rings. The number of hydrogen-bond donors (Lipinski definition) is 1. The van der Waals surface area contributed by atoms with Crippen LogP contribution in [0.5, 0.6) is 11.5 Å². The van der Waals surface area contributed by atoms with E-state index in [2.05, 4.69) is 34.5 Å². The Bertz CT molecular complexity index is 777. The molecule has 0 unspecified atom stereocenters. The second kappa shape index (κ2) is 10.1. The summed E-state index contributed by atoms with van der Waals surface area (Å²) in [5, 5.41) is 3.03. The molecule has 1 aliphatic heterocycles. The number of fused-ring (bicyclic) bond motifs is 1. The highest BCUT2D eigenvalue weighted by Crippen LogP contribution is 2.33. The SMILES string of the molecule is CCOc1cc2c(cc1OCC)CN(CC(=O)NCCc1ccccc1)CC2. The topological polar surface area (TPSA) is 50.8 Å². The van der Waals surface area contributed by atoms with Gasteiger partial charge in [0.25, 0.3) is 0 Å². The first-order valence-electron chi connectivity index (χ1n) is 10.1. The van der Waals surface area contributed by atoms with Crippen molar-refractivity contribution in [3.05, 3.63) is 59.2 Å². The maximum Gasteiger partial charge on any atom is 0.234 e. The molecule has 0 atom stereocenters. The quantitative estimate of drug-likeness (QED) is 0.724. The van der Waals surface area contributed by atoms with E-state index in [-0.39, 0.29) is 5.91 Å². The molecular weight excluding hydrogens is 352 g/mol. The van der Waals surface area contributed by atoms with Crippen molar-refractivity contribution < 1.29 is 14.3 Å². The van der Waals surface area contributed by atoms with Crippen LogP contribution in [0.3, 0.4) is 0 Å². The Hall–Kier alpha value is -2.53. The van der Waals surface area contributed by atoms with E-state index in [1.165, 1.54) is 16.7 Å². The minimum atomic E-state index is 0.0790. The van der Waals surface area contributed by atoms with Gasteiger partial charge in [-0.15, -0.1) is 0 Å². The van der Waals surface area contributed by atoms with Crippen LogP contribution in [0.2, 0.25) is 0 Å². The molecule has 1 N–H and O–H groups in total. The first-order valence-corrected chi connectivity index (χ1v) is 10.1. The Morgan fingerprint density at radius 2 is 1.71 bits per heavy atom. The minimum Gasteiger partial charge on any atom is -0.490 e. The van der Waals surface area contributed by atoms with Gasteiger partial charge in [-0.05, 0) is 55.5 Å². The van der Waals surface area contributed by atoms with E-state index in [0.717, 1.165) is 37.4 Å². The lowest BCUT2D eigenvalue weighted by Gasteiger charge is -2.29. The molecule has 1 heterocycles. The molecule has 0 saturated carbocycles. The molecule has 0 radical (unpaired) electrons. The van der Waals surface area contributed by atoms with E-state index in [9.17, 15) is 4.79 Å². The molecule has 0 spiro atoms. The average molecular weight is 383 g/mol. The van der Waals surface area contributed by atoms with E-state index in [0.29, 0.717) is 26.3 Å². The third-order valence-corrected chi connectivity index (χ3v) is 4.90. The fourth-order valence-electron chi connectivity index (χ4n) is 3.54. The number of carbonyl (C=O) groups is 1. The van der Waals surface area contributed by atoms with E-state index < -0.39 is 0 Å². The van der Waals surface area contributed by atoms with Crippen molar-refractivity contribution in [1.29, 1.82) is 0 Å². The third kappa shape index (κ3) is 5.49. The van der Waals surface area contributed by atoms with Crippen LogP contribution in [0.25, 0.3) is 0 Å². The standard InChI is InChI=1S/C23H30N2O3/c1-3-27-21-14-19-11-13-25(16-20(19)15-22(21)28-4-2)17-23(26)24-12-10-18-8-6-5-7-9-18/h5-9,14-15H,3-4,10-13,16-17H2,1-2H3,(H,24,26). The van der Waals surface area contributed by atoms with E-state index in [1.54, 1.807) is 0 Å². The predicted octanol–water partition coefficient (Wildman–Crippen LogP) is 3.20. The molecule has 5 heteroatoms. The molecule has 0 aliphatic carbocycles. The smallest absolute Gasteiger partial charge is 0.234 e. The molecule has 1 amide bonds. The molecule has 5 nitrogen and oxygen atoms in total. The minimum absolute atomic E-state index is 0.0790. The van der Waals surface area contributed by atoms with Crippen molar-refractivity contribution in [1.82, 2.24) is 10.2 Å². The summed E-state index contributed by atoms with van der Waals surface area (Å²) in [6, 6.07) is 14.4. The van der Waals surface area contributed by atoms with Crippen molar-refractivity contribution in [3.8, 4) is 11.5 Å². The number of amides is 1. The lowest BCUT2D eigenvalue weighted by molar-refractivity contribution is -0.122. The van der Waals surface area contributed by atoms with Gasteiger partial charge in [0.1, 0.15) is 0 Å². The van der Waals surface area contributed by atoms with Crippen LogP contribution in [-0.2, 0) is 24.2 Å². The average Bonchev–Trinajstić information content (AvgIpc) is 2.70. The Morgan fingerprint density at radius 3 is 2.39 bits per heavy atom. The lowest BCUT2D eigenvalue weighted by atomic mass is 9.98. The summed E-state index contributed by atoms with van der Waals surface area (Å²) in [5.41, 5.74) is 3.74. The molecule has 2 aromatic carbocycles. The van der Waals surface area contributed by atoms with Gasteiger partial charge in [0.05, 0.1) is 19.8 Å². The molecule has 3 rings (SSSR count). The van der Waals surface area contributed by atoms with Gasteiger partial charge in [0.2, 0.25) is 5.91 Å². The highest BCUT2D eigenvalue weighted by atomic mass is 16.5. The van der Waals surface area contributed by atoms with Crippen LogP contribution in [-0.4, -0.2) is 43.7 Å². The van der Waals surface area contributed by atoms with Gasteiger partial charge in [0, 0.05) is 19.6 Å². The molecular formula is C23H30N2O3. The number of rotatable bonds is 9. The van der Waals surface area contributed by atoms with Crippen LogP contribution in [0.4, 0.5) is 0 Å². The van der Waals surface area contributed by atoms with Gasteiger partial charge < -0.3 is 14.8 Å². The van der Waals surface area contributed by atoms with Crippen molar-refractivity contribution in [3.63, 3.8) is 0 Å². The van der Waals surface area contributed by atoms with Crippen LogP contribution in [0.15, 0.2) is 42.5 Å². The first-order chi connectivity index (χ1) is 13.7. The van der Waals surface area contributed by atoms with Gasteiger partial charge in [-0.1, -0.05) is 30.3 Å². The largest absolute Gasteiger partial charge is 0.490 e. The molecule has 2 aromatic rings. The van der Waals surface area contributed by atoms with Crippen LogP contribution >= 0.6 is 0 Å². The highest BCUT2D eigenvalue weighted by Gasteiger charge is 2.21. The summed E-state index contributed by atoms with van der Waals surface area (Å²) in [4.78, 5) is 14.5. The monoisotopic (exact) mass is 382 g/mol. The van der Waals surface area contributed by atoms with E-state index in [4.69, 9.17) is 9.47 Å². The van der Waals surface area contributed by atoms with Crippen molar-refractivity contribution in [2.75, 3.05) is 32.8 Å². The van der Waals surface area contributed by atoms with Crippen molar-refractivity contribution in [2.24, 2.45) is 0 Å². The third-order valence-electron chi connectivity index (χ3n) is 4.90. The number of hydrogen-bond acceptors (Lipinski definition) is 4. The fourth-order valence-corrected chi connectivity index (χ4v) is 3.54. The molecule has 0 aromatic heterocycles. The van der Waals surface area contributed by atoms with Gasteiger partial charge in [-0.25, -0.2) is 0 Å². The van der Waals surface area contributed by atoms with E-state index >= 15 is 0 Å². The molecule has 0 bridgehead atoms. The molecule has 28 heavy (non-hydrogen) atoms. The zero-order valence-corrected chi connectivity index (χ0v) is 16.9. The summed E-state index contributed by atoms with van der Waals surface area (Å²) < 4.78 is 11.5. The number of benzene rings is 2. The number of carbonyl (C=O) groups excluding carboxylic acids is 1. The van der Waals surface area contributed by atoms with E-state index in [1.807, 2.05) is 32.0 Å². The summed E-state index contributed by atoms with van der Waals surface area (Å²) in [6.07, 6.45) is 1.77. The fraction of sp³-hybridized carbons (Fsp3) is 0.435. The zero-order chi connectivity index (χ0) is 19.8. The summed E-state index contributed by atoms with van der Waals surface area (Å²) in [6.45, 7) is 7.90. The van der Waals surface area contributed by atoms with Gasteiger partial charge in [0.15, 0.2) is 11.5 Å². The summed E-state index contributed by atoms with van der Waals surface area (Å²) >= 11 is 0. The Labute approximate surface area is 167 Å². The van der Waals surface area contributed by atoms with Gasteiger partial charge in [-0.3, -0.25) is 9.69 Å². The first kappa shape index (κ1) is 20.2. The Kier molecular flexibility index (Phi) is 7.31. The second-order valence-electron chi connectivity index (χ2n) is 6.98. The maximum atomic E-state index is 12.3. The van der Waals surface area contributed by atoms with Crippen molar-refractivity contribution in [2.45, 2.75) is 33.2 Å². The summed E-state index contributed by atoms with van der Waals surface area (Å²) in [7, 11) is 0. The predicted molar refractivity (Wildman–Crippen MR) is 111 cm³/mol. The number of ether oxygens (including phenoxy) is 2. The normalized spacial score (nSPS) is 13.6. The second-order valence-corrected chi connectivity index (χ2v) is 6.98. The number of nitrogens with zero attached hydrogens (tertiary/aromatic N) is 1. The van der Waals surface area contributed by atoms with Gasteiger partial charge >= 0.3 is 0 Å². The van der Waals surface area contributed by atoms with Crippen LogP contribution in [0.1, 0.15) is 30.5 Å². The van der Waals surface area contributed by atoms with Crippen LogP contribution < -0.4 is 14.8 Å². The Balaban J connectivity index is 1.53. The molecule has 0 saturated heterocycles.